The minimum absolute atomic E-state index is 0. The largest absolute Gasteiger partial charge is 1.00 e. The van der Waals surface area contributed by atoms with Gasteiger partial charge in [-0.3, -0.25) is 4.79 Å². The predicted molar refractivity (Wildman–Crippen MR) is 75.2 cm³/mol. The van der Waals surface area contributed by atoms with E-state index >= 15 is 0 Å². The smallest absolute Gasteiger partial charge is 0.142 e. The molecule has 2 aliphatic carbocycles. The lowest BCUT2D eigenvalue weighted by Gasteiger charge is -2.32. The Morgan fingerprint density at radius 1 is 1.26 bits per heavy atom. The standard InChI is InChI=1S/C16H30NO.HI/c1-7-17(5,6)11-9-12-13-8-10-16(4,14(12)18)15(13,2)3;/h12-13H,7-11H2,1-6H3;1H/q+1;/p-1/t12?,13?,16-;/m0./s1. The highest BCUT2D eigenvalue weighted by molar-refractivity contribution is 5.91. The third-order valence-electron chi connectivity index (χ3n) is 6.57. The number of Topliss-reactive ketones (excluding diaryl/α,β-unsaturated/α-hetero) is 1. The van der Waals surface area contributed by atoms with Crippen molar-refractivity contribution in [1.29, 1.82) is 0 Å². The Bertz CT molecular complexity index is 364. The maximum absolute atomic E-state index is 12.7. The SMILES string of the molecule is CC[N+](C)(C)CCC1C(=O)[C@]2(C)CCC1C2(C)C.[I-]. The molecule has 2 nitrogen and oxygen atoms in total. The average Bonchev–Trinajstić information content (AvgIpc) is 2.59. The summed E-state index contributed by atoms with van der Waals surface area (Å²) in [6.45, 7) is 11.4. The fraction of sp³-hybridized carbons (Fsp3) is 0.938. The first-order chi connectivity index (χ1) is 8.16. The van der Waals surface area contributed by atoms with Crippen LogP contribution in [0, 0.1) is 22.7 Å². The number of ketones is 1. The zero-order chi connectivity index (χ0) is 13.8. The average molecular weight is 379 g/mol. The van der Waals surface area contributed by atoms with E-state index in [1.54, 1.807) is 0 Å². The fourth-order valence-electron chi connectivity index (χ4n) is 4.25. The van der Waals surface area contributed by atoms with Crippen molar-refractivity contribution in [2.75, 3.05) is 27.2 Å². The lowest BCUT2D eigenvalue weighted by molar-refractivity contribution is -0.889. The zero-order valence-corrected chi connectivity index (χ0v) is 15.6. The molecule has 2 aliphatic rings. The topological polar surface area (TPSA) is 17.1 Å². The molecule has 0 spiro atoms. The van der Waals surface area contributed by atoms with Gasteiger partial charge in [0.15, 0.2) is 0 Å². The van der Waals surface area contributed by atoms with Crippen LogP contribution in [0.15, 0.2) is 0 Å². The van der Waals surface area contributed by atoms with Crippen LogP contribution in [0.3, 0.4) is 0 Å². The second kappa shape index (κ2) is 5.28. The monoisotopic (exact) mass is 379 g/mol. The number of quaternary nitrogens is 1. The molecule has 0 radical (unpaired) electrons. The van der Waals surface area contributed by atoms with Crippen molar-refractivity contribution in [3.8, 4) is 0 Å². The van der Waals surface area contributed by atoms with Crippen molar-refractivity contribution in [3.63, 3.8) is 0 Å². The second-order valence-electron chi connectivity index (χ2n) is 7.93. The third kappa shape index (κ3) is 2.50. The molecule has 0 aromatic carbocycles. The van der Waals surface area contributed by atoms with Gasteiger partial charge in [0.05, 0.1) is 27.2 Å². The van der Waals surface area contributed by atoms with Crippen molar-refractivity contribution >= 4 is 5.78 Å². The third-order valence-corrected chi connectivity index (χ3v) is 6.57. The summed E-state index contributed by atoms with van der Waals surface area (Å²) in [6, 6.07) is 0. The molecular formula is C16H30INO. The lowest BCUT2D eigenvalue weighted by atomic mass is 9.70. The summed E-state index contributed by atoms with van der Waals surface area (Å²) in [4.78, 5) is 12.7. The second-order valence-corrected chi connectivity index (χ2v) is 7.93. The van der Waals surface area contributed by atoms with E-state index in [4.69, 9.17) is 0 Å². The number of hydrogen-bond donors (Lipinski definition) is 0. The van der Waals surface area contributed by atoms with Gasteiger partial charge in [0.25, 0.3) is 0 Å². The molecule has 3 atom stereocenters. The molecule has 2 rings (SSSR count). The van der Waals surface area contributed by atoms with Gasteiger partial charge in [-0.2, -0.15) is 0 Å². The van der Waals surface area contributed by atoms with E-state index in [1.807, 2.05) is 0 Å². The van der Waals surface area contributed by atoms with E-state index in [0.29, 0.717) is 17.6 Å². The molecule has 19 heavy (non-hydrogen) atoms. The molecule has 3 heteroatoms. The molecular weight excluding hydrogens is 349 g/mol. The van der Waals surface area contributed by atoms with Crippen molar-refractivity contribution in [2.24, 2.45) is 22.7 Å². The fourth-order valence-corrected chi connectivity index (χ4v) is 4.25. The molecule has 2 fully saturated rings. The maximum Gasteiger partial charge on any atom is 0.142 e. The Hall–Kier alpha value is 0.360. The molecule has 112 valence electrons. The molecule has 0 amide bonds. The van der Waals surface area contributed by atoms with Crippen LogP contribution in [-0.4, -0.2) is 37.5 Å². The predicted octanol–water partition coefficient (Wildman–Crippen LogP) is 0.118. The summed E-state index contributed by atoms with van der Waals surface area (Å²) >= 11 is 0. The molecule has 0 aromatic heterocycles. The summed E-state index contributed by atoms with van der Waals surface area (Å²) in [6.07, 6.45) is 3.47. The molecule has 0 saturated heterocycles. The van der Waals surface area contributed by atoms with E-state index in [0.717, 1.165) is 30.4 Å². The first kappa shape index (κ1) is 17.4. The van der Waals surface area contributed by atoms with Gasteiger partial charge in [-0.25, -0.2) is 0 Å². The molecule has 2 saturated carbocycles. The van der Waals surface area contributed by atoms with Gasteiger partial charge in [0, 0.05) is 17.8 Å². The summed E-state index contributed by atoms with van der Waals surface area (Å²) in [7, 11) is 4.54. The highest BCUT2D eigenvalue weighted by atomic mass is 127. The van der Waals surface area contributed by atoms with Crippen molar-refractivity contribution in [1.82, 2.24) is 0 Å². The van der Waals surface area contributed by atoms with Crippen LogP contribution in [0.2, 0.25) is 0 Å². The number of halogens is 1. The van der Waals surface area contributed by atoms with Gasteiger partial charge in [0.1, 0.15) is 5.78 Å². The lowest BCUT2D eigenvalue weighted by Crippen LogP contribution is -3.00. The highest BCUT2D eigenvalue weighted by Gasteiger charge is 2.65. The van der Waals surface area contributed by atoms with Crippen LogP contribution < -0.4 is 24.0 Å². The van der Waals surface area contributed by atoms with E-state index in [-0.39, 0.29) is 34.8 Å². The van der Waals surface area contributed by atoms with Gasteiger partial charge in [0.2, 0.25) is 0 Å². The Labute approximate surface area is 135 Å². The van der Waals surface area contributed by atoms with E-state index in [1.165, 1.54) is 6.42 Å². The van der Waals surface area contributed by atoms with E-state index in [2.05, 4.69) is 41.8 Å². The van der Waals surface area contributed by atoms with Crippen molar-refractivity contribution < 1.29 is 33.3 Å². The van der Waals surface area contributed by atoms with Crippen LogP contribution >= 0.6 is 0 Å². The summed E-state index contributed by atoms with van der Waals surface area (Å²) in [5.41, 5.74) is 0.184. The zero-order valence-electron chi connectivity index (χ0n) is 13.4. The molecule has 0 aromatic rings. The summed E-state index contributed by atoms with van der Waals surface area (Å²) in [5, 5.41) is 0. The number of hydrogen-bond acceptors (Lipinski definition) is 1. The Balaban J connectivity index is 0.00000180. The highest BCUT2D eigenvalue weighted by Crippen LogP contribution is 2.66. The number of fused-ring (bicyclic) bond motifs is 2. The van der Waals surface area contributed by atoms with Gasteiger partial charge >= 0.3 is 0 Å². The van der Waals surface area contributed by atoms with Gasteiger partial charge in [-0.15, -0.1) is 0 Å². The number of nitrogens with zero attached hydrogens (tertiary/aromatic N) is 1. The quantitative estimate of drug-likeness (QED) is 0.501. The van der Waals surface area contributed by atoms with Gasteiger partial charge < -0.3 is 28.5 Å². The molecule has 0 N–H and O–H groups in total. The van der Waals surface area contributed by atoms with E-state index in [9.17, 15) is 4.79 Å². The van der Waals surface area contributed by atoms with Crippen molar-refractivity contribution in [3.05, 3.63) is 0 Å². The van der Waals surface area contributed by atoms with Crippen LogP contribution in [0.1, 0.15) is 47.0 Å². The Morgan fingerprint density at radius 3 is 2.26 bits per heavy atom. The number of carbonyl (C=O) groups is 1. The Kier molecular flexibility index (Phi) is 4.84. The Morgan fingerprint density at radius 2 is 1.84 bits per heavy atom. The van der Waals surface area contributed by atoms with Crippen LogP contribution in [0.5, 0.6) is 0 Å². The van der Waals surface area contributed by atoms with Gasteiger partial charge in [-0.1, -0.05) is 20.8 Å². The molecule has 0 aliphatic heterocycles. The van der Waals surface area contributed by atoms with Crippen LogP contribution in [-0.2, 0) is 4.79 Å². The summed E-state index contributed by atoms with van der Waals surface area (Å²) < 4.78 is 1.04. The van der Waals surface area contributed by atoms with Crippen LogP contribution in [0.25, 0.3) is 0 Å². The minimum Gasteiger partial charge on any atom is -1.00 e. The molecule has 2 unspecified atom stereocenters. The summed E-state index contributed by atoms with van der Waals surface area (Å²) in [5.74, 6) is 1.54. The van der Waals surface area contributed by atoms with Gasteiger partial charge in [-0.05, 0) is 31.1 Å². The molecule has 2 bridgehead atoms. The van der Waals surface area contributed by atoms with Crippen LogP contribution in [0.4, 0.5) is 0 Å². The van der Waals surface area contributed by atoms with Crippen molar-refractivity contribution in [2.45, 2.75) is 47.0 Å². The number of rotatable bonds is 4. The first-order valence-corrected chi connectivity index (χ1v) is 7.52. The molecule has 0 heterocycles. The van der Waals surface area contributed by atoms with E-state index < -0.39 is 0 Å². The number of carbonyl (C=O) groups excluding carboxylic acids is 1. The minimum atomic E-state index is -0.0360. The first-order valence-electron chi connectivity index (χ1n) is 7.52. The maximum atomic E-state index is 12.7. The normalized spacial score (nSPS) is 36.4.